The first-order valence-corrected chi connectivity index (χ1v) is 5.46. The van der Waals surface area contributed by atoms with Gasteiger partial charge in [0.2, 0.25) is 0 Å². The van der Waals surface area contributed by atoms with E-state index in [1.807, 2.05) is 18.3 Å². The standard InChI is InChI=1S/C11H17ClN2/c1-3-7-14(4-2)9-10-5-6-11(12)13-8-10/h5-6,8H,3-4,7,9H2,1-2H3. The Morgan fingerprint density at radius 1 is 1.36 bits per heavy atom. The number of nitrogens with zero attached hydrogens (tertiary/aromatic N) is 2. The Morgan fingerprint density at radius 2 is 2.14 bits per heavy atom. The summed E-state index contributed by atoms with van der Waals surface area (Å²) in [6, 6.07) is 3.88. The summed E-state index contributed by atoms with van der Waals surface area (Å²) in [5.74, 6) is 0. The number of rotatable bonds is 5. The van der Waals surface area contributed by atoms with Gasteiger partial charge in [-0.25, -0.2) is 4.98 Å². The molecule has 0 aliphatic heterocycles. The first-order valence-electron chi connectivity index (χ1n) is 5.09. The third-order valence-corrected chi connectivity index (χ3v) is 2.41. The van der Waals surface area contributed by atoms with Crippen LogP contribution >= 0.6 is 11.6 Å². The van der Waals surface area contributed by atoms with E-state index in [2.05, 4.69) is 23.7 Å². The van der Waals surface area contributed by atoms with Crippen molar-refractivity contribution < 1.29 is 0 Å². The third kappa shape index (κ3) is 3.64. The average molecular weight is 213 g/mol. The van der Waals surface area contributed by atoms with Crippen molar-refractivity contribution in [3.05, 3.63) is 29.0 Å². The van der Waals surface area contributed by atoms with Gasteiger partial charge in [0.15, 0.2) is 0 Å². The molecule has 1 rings (SSSR count). The van der Waals surface area contributed by atoms with E-state index in [0.717, 1.165) is 19.6 Å². The van der Waals surface area contributed by atoms with Crippen LogP contribution in [0, 0.1) is 0 Å². The summed E-state index contributed by atoms with van der Waals surface area (Å²) in [5.41, 5.74) is 1.23. The highest BCUT2D eigenvalue weighted by Crippen LogP contribution is 2.08. The van der Waals surface area contributed by atoms with Gasteiger partial charge in [0.05, 0.1) is 0 Å². The molecular formula is C11H17ClN2. The van der Waals surface area contributed by atoms with Crippen molar-refractivity contribution in [1.29, 1.82) is 0 Å². The summed E-state index contributed by atoms with van der Waals surface area (Å²) in [4.78, 5) is 6.46. The number of hydrogen-bond acceptors (Lipinski definition) is 2. The van der Waals surface area contributed by atoms with Crippen LogP contribution < -0.4 is 0 Å². The van der Waals surface area contributed by atoms with Crippen LogP contribution in [0.4, 0.5) is 0 Å². The molecule has 0 unspecified atom stereocenters. The lowest BCUT2D eigenvalue weighted by molar-refractivity contribution is 0.280. The summed E-state index contributed by atoms with van der Waals surface area (Å²) < 4.78 is 0. The van der Waals surface area contributed by atoms with E-state index in [1.165, 1.54) is 12.0 Å². The Balaban J connectivity index is 2.53. The van der Waals surface area contributed by atoms with E-state index in [4.69, 9.17) is 11.6 Å². The summed E-state index contributed by atoms with van der Waals surface area (Å²) in [7, 11) is 0. The van der Waals surface area contributed by atoms with Crippen LogP contribution in [0.25, 0.3) is 0 Å². The van der Waals surface area contributed by atoms with E-state index in [9.17, 15) is 0 Å². The zero-order valence-electron chi connectivity index (χ0n) is 8.83. The molecule has 1 aromatic heterocycles. The highest BCUT2D eigenvalue weighted by molar-refractivity contribution is 6.29. The normalized spacial score (nSPS) is 10.9. The Kier molecular flexibility index (Phi) is 4.91. The molecule has 0 aromatic carbocycles. The summed E-state index contributed by atoms with van der Waals surface area (Å²) in [5, 5.41) is 0.562. The third-order valence-electron chi connectivity index (χ3n) is 2.18. The molecule has 3 heteroatoms. The van der Waals surface area contributed by atoms with Gasteiger partial charge in [-0.15, -0.1) is 0 Å². The minimum atomic E-state index is 0.562. The number of pyridine rings is 1. The lowest BCUT2D eigenvalue weighted by atomic mass is 10.2. The first-order chi connectivity index (χ1) is 6.76. The van der Waals surface area contributed by atoms with Crippen LogP contribution in [0.5, 0.6) is 0 Å². The molecule has 0 bridgehead atoms. The quantitative estimate of drug-likeness (QED) is 0.698. The van der Waals surface area contributed by atoms with Gasteiger partial charge >= 0.3 is 0 Å². The molecule has 0 spiro atoms. The van der Waals surface area contributed by atoms with E-state index < -0.39 is 0 Å². The summed E-state index contributed by atoms with van der Waals surface area (Å²) >= 11 is 5.72. The molecule has 78 valence electrons. The SMILES string of the molecule is CCCN(CC)Cc1ccc(Cl)nc1. The monoisotopic (exact) mass is 212 g/mol. The molecule has 0 radical (unpaired) electrons. The molecular weight excluding hydrogens is 196 g/mol. The lowest BCUT2D eigenvalue weighted by Gasteiger charge is -2.19. The van der Waals surface area contributed by atoms with Crippen LogP contribution in [0.2, 0.25) is 5.15 Å². The van der Waals surface area contributed by atoms with E-state index >= 15 is 0 Å². The number of aromatic nitrogens is 1. The molecule has 0 saturated carbocycles. The topological polar surface area (TPSA) is 16.1 Å². The molecule has 0 amide bonds. The Hall–Kier alpha value is -0.600. The van der Waals surface area contributed by atoms with Gasteiger partial charge in [-0.1, -0.05) is 31.5 Å². The molecule has 0 N–H and O–H groups in total. The molecule has 0 fully saturated rings. The van der Waals surface area contributed by atoms with Crippen LogP contribution in [0.1, 0.15) is 25.8 Å². The molecule has 0 saturated heterocycles. The molecule has 1 aromatic rings. The molecule has 2 nitrogen and oxygen atoms in total. The van der Waals surface area contributed by atoms with Crippen molar-refractivity contribution in [3.8, 4) is 0 Å². The van der Waals surface area contributed by atoms with Crippen molar-refractivity contribution in [2.75, 3.05) is 13.1 Å². The van der Waals surface area contributed by atoms with Gasteiger partial charge in [0, 0.05) is 12.7 Å². The minimum absolute atomic E-state index is 0.562. The van der Waals surface area contributed by atoms with Crippen LogP contribution in [0.15, 0.2) is 18.3 Å². The molecule has 1 heterocycles. The zero-order valence-corrected chi connectivity index (χ0v) is 9.59. The number of halogens is 1. The summed E-state index contributed by atoms with van der Waals surface area (Å²) in [6.45, 7) is 7.56. The maximum absolute atomic E-state index is 5.72. The van der Waals surface area contributed by atoms with Gasteiger partial charge in [0.25, 0.3) is 0 Å². The van der Waals surface area contributed by atoms with Gasteiger partial charge in [-0.2, -0.15) is 0 Å². The molecule has 0 atom stereocenters. The lowest BCUT2D eigenvalue weighted by Crippen LogP contribution is -2.23. The molecule has 0 aliphatic carbocycles. The van der Waals surface area contributed by atoms with Gasteiger partial charge < -0.3 is 0 Å². The fourth-order valence-electron chi connectivity index (χ4n) is 1.42. The number of hydrogen-bond donors (Lipinski definition) is 0. The predicted molar refractivity (Wildman–Crippen MR) is 60.5 cm³/mol. The Bertz CT molecular complexity index is 258. The second-order valence-electron chi connectivity index (χ2n) is 3.36. The van der Waals surface area contributed by atoms with E-state index in [-0.39, 0.29) is 0 Å². The van der Waals surface area contributed by atoms with Crippen LogP contribution in [-0.4, -0.2) is 23.0 Å². The molecule has 0 aliphatic rings. The van der Waals surface area contributed by atoms with Crippen molar-refractivity contribution in [2.24, 2.45) is 0 Å². The maximum atomic E-state index is 5.72. The van der Waals surface area contributed by atoms with Crippen LogP contribution in [0.3, 0.4) is 0 Å². The van der Waals surface area contributed by atoms with E-state index in [0.29, 0.717) is 5.15 Å². The minimum Gasteiger partial charge on any atom is -0.299 e. The predicted octanol–water partition coefficient (Wildman–Crippen LogP) is 2.97. The zero-order chi connectivity index (χ0) is 10.4. The summed E-state index contributed by atoms with van der Waals surface area (Å²) in [6.07, 6.45) is 3.04. The smallest absolute Gasteiger partial charge is 0.129 e. The fraction of sp³-hybridized carbons (Fsp3) is 0.545. The van der Waals surface area contributed by atoms with Crippen molar-refractivity contribution >= 4 is 11.6 Å². The Morgan fingerprint density at radius 3 is 2.64 bits per heavy atom. The fourth-order valence-corrected chi connectivity index (χ4v) is 1.54. The van der Waals surface area contributed by atoms with Crippen molar-refractivity contribution in [3.63, 3.8) is 0 Å². The second-order valence-corrected chi connectivity index (χ2v) is 3.75. The molecule has 14 heavy (non-hydrogen) atoms. The van der Waals surface area contributed by atoms with Crippen molar-refractivity contribution in [2.45, 2.75) is 26.8 Å². The maximum Gasteiger partial charge on any atom is 0.129 e. The van der Waals surface area contributed by atoms with Gasteiger partial charge in [0.1, 0.15) is 5.15 Å². The first kappa shape index (κ1) is 11.5. The Labute approximate surface area is 90.9 Å². The highest BCUT2D eigenvalue weighted by Gasteiger charge is 2.02. The van der Waals surface area contributed by atoms with Crippen LogP contribution in [-0.2, 0) is 6.54 Å². The second kappa shape index (κ2) is 5.99. The largest absolute Gasteiger partial charge is 0.299 e. The highest BCUT2D eigenvalue weighted by atomic mass is 35.5. The average Bonchev–Trinajstić information content (AvgIpc) is 2.20. The van der Waals surface area contributed by atoms with Gasteiger partial charge in [-0.05, 0) is 31.1 Å². The van der Waals surface area contributed by atoms with E-state index in [1.54, 1.807) is 0 Å². The van der Waals surface area contributed by atoms with Gasteiger partial charge in [-0.3, -0.25) is 4.90 Å². The van der Waals surface area contributed by atoms with Crippen molar-refractivity contribution in [1.82, 2.24) is 9.88 Å².